The second kappa shape index (κ2) is 4.00. The maximum atomic E-state index is 11.2. The third-order valence-corrected chi connectivity index (χ3v) is 2.76. The van der Waals surface area contributed by atoms with Gasteiger partial charge in [0.2, 0.25) is 11.8 Å². The summed E-state index contributed by atoms with van der Waals surface area (Å²) in [6, 6.07) is 0. The summed E-state index contributed by atoms with van der Waals surface area (Å²) in [6.45, 7) is 4.95. The summed E-state index contributed by atoms with van der Waals surface area (Å²) in [5.74, 6) is 1.66. The van der Waals surface area contributed by atoms with Gasteiger partial charge in [-0.3, -0.25) is 4.79 Å². The van der Waals surface area contributed by atoms with Crippen molar-refractivity contribution >= 4 is 5.91 Å². The standard InChI is InChI=1S/C10H15N3O2/c1-7-11-10(15-12-7)9-4-3-5-13(6-9)8(2)14/h9H,3-6H2,1-2H3/t9-/m0/s1. The molecule has 0 aromatic carbocycles. The summed E-state index contributed by atoms with van der Waals surface area (Å²) in [7, 11) is 0. The number of hydrogen-bond acceptors (Lipinski definition) is 4. The van der Waals surface area contributed by atoms with E-state index >= 15 is 0 Å². The molecule has 1 amide bonds. The molecule has 0 N–H and O–H groups in total. The van der Waals surface area contributed by atoms with Gasteiger partial charge in [-0.2, -0.15) is 4.98 Å². The third-order valence-electron chi connectivity index (χ3n) is 2.76. The monoisotopic (exact) mass is 209 g/mol. The number of rotatable bonds is 1. The summed E-state index contributed by atoms with van der Waals surface area (Å²) < 4.78 is 5.13. The van der Waals surface area contributed by atoms with Crippen molar-refractivity contribution in [3.63, 3.8) is 0 Å². The third kappa shape index (κ3) is 2.16. The molecule has 82 valence electrons. The van der Waals surface area contributed by atoms with E-state index in [0.717, 1.165) is 19.4 Å². The Morgan fingerprint density at radius 1 is 1.60 bits per heavy atom. The fraction of sp³-hybridized carbons (Fsp3) is 0.700. The van der Waals surface area contributed by atoms with Gasteiger partial charge in [0.15, 0.2) is 5.82 Å². The second-order valence-corrected chi connectivity index (χ2v) is 3.98. The number of aromatic nitrogens is 2. The van der Waals surface area contributed by atoms with Gasteiger partial charge in [-0.05, 0) is 19.8 Å². The zero-order chi connectivity index (χ0) is 10.8. The molecule has 1 atom stereocenters. The van der Waals surface area contributed by atoms with Crippen LogP contribution in [-0.4, -0.2) is 34.0 Å². The minimum atomic E-state index is 0.121. The fourth-order valence-corrected chi connectivity index (χ4v) is 1.94. The summed E-state index contributed by atoms with van der Waals surface area (Å²) in [5.41, 5.74) is 0. The van der Waals surface area contributed by atoms with E-state index in [4.69, 9.17) is 4.52 Å². The molecule has 2 rings (SSSR count). The molecule has 1 aliphatic heterocycles. The zero-order valence-electron chi connectivity index (χ0n) is 9.06. The molecule has 0 aliphatic carbocycles. The second-order valence-electron chi connectivity index (χ2n) is 3.98. The molecule has 0 spiro atoms. The van der Waals surface area contributed by atoms with Crippen LogP contribution in [0.1, 0.15) is 37.4 Å². The molecule has 15 heavy (non-hydrogen) atoms. The average molecular weight is 209 g/mol. The van der Waals surface area contributed by atoms with Crippen molar-refractivity contribution in [2.45, 2.75) is 32.6 Å². The maximum absolute atomic E-state index is 11.2. The van der Waals surface area contributed by atoms with Crippen molar-refractivity contribution in [3.8, 4) is 0 Å². The number of carbonyl (C=O) groups is 1. The molecule has 0 saturated carbocycles. The molecule has 1 aliphatic rings. The van der Waals surface area contributed by atoms with Gasteiger partial charge >= 0.3 is 0 Å². The summed E-state index contributed by atoms with van der Waals surface area (Å²) in [5, 5.41) is 3.77. The van der Waals surface area contributed by atoms with Crippen LogP contribution >= 0.6 is 0 Å². The summed E-state index contributed by atoms with van der Waals surface area (Å²) >= 11 is 0. The van der Waals surface area contributed by atoms with Crippen LogP contribution in [0.4, 0.5) is 0 Å². The molecular weight excluding hydrogens is 194 g/mol. The van der Waals surface area contributed by atoms with Crippen LogP contribution in [0.15, 0.2) is 4.52 Å². The molecule has 0 unspecified atom stereocenters. The van der Waals surface area contributed by atoms with Crippen LogP contribution < -0.4 is 0 Å². The van der Waals surface area contributed by atoms with Crippen LogP contribution in [0.3, 0.4) is 0 Å². The van der Waals surface area contributed by atoms with E-state index in [2.05, 4.69) is 10.1 Å². The SMILES string of the molecule is CC(=O)N1CCC[C@H](c2nc(C)no2)C1. The Morgan fingerprint density at radius 3 is 3.00 bits per heavy atom. The van der Waals surface area contributed by atoms with Crippen LogP contribution in [0, 0.1) is 6.92 Å². The van der Waals surface area contributed by atoms with E-state index in [1.165, 1.54) is 0 Å². The summed E-state index contributed by atoms with van der Waals surface area (Å²) in [4.78, 5) is 17.3. The number of hydrogen-bond donors (Lipinski definition) is 0. The average Bonchev–Trinajstić information content (AvgIpc) is 2.65. The predicted octanol–water partition coefficient (Wildman–Crippen LogP) is 1.10. The van der Waals surface area contributed by atoms with E-state index in [9.17, 15) is 4.79 Å². The van der Waals surface area contributed by atoms with Gasteiger partial charge < -0.3 is 9.42 Å². The van der Waals surface area contributed by atoms with E-state index in [1.54, 1.807) is 13.8 Å². The zero-order valence-corrected chi connectivity index (χ0v) is 9.06. The topological polar surface area (TPSA) is 59.2 Å². The Morgan fingerprint density at radius 2 is 2.40 bits per heavy atom. The summed E-state index contributed by atoms with van der Waals surface area (Å²) in [6.07, 6.45) is 2.02. The van der Waals surface area contributed by atoms with Gasteiger partial charge in [0.05, 0.1) is 5.92 Å². The van der Waals surface area contributed by atoms with E-state index in [-0.39, 0.29) is 11.8 Å². The smallest absolute Gasteiger partial charge is 0.231 e. The molecule has 1 aromatic rings. The van der Waals surface area contributed by atoms with E-state index in [0.29, 0.717) is 18.3 Å². The molecule has 1 fully saturated rings. The molecule has 2 heterocycles. The van der Waals surface area contributed by atoms with Gasteiger partial charge in [-0.25, -0.2) is 0 Å². The Kier molecular flexibility index (Phi) is 2.70. The first-order valence-electron chi connectivity index (χ1n) is 5.22. The lowest BCUT2D eigenvalue weighted by Gasteiger charge is -2.29. The van der Waals surface area contributed by atoms with Crippen molar-refractivity contribution in [1.29, 1.82) is 0 Å². The fourth-order valence-electron chi connectivity index (χ4n) is 1.94. The Hall–Kier alpha value is -1.39. The number of carbonyl (C=O) groups excluding carboxylic acids is 1. The molecule has 0 radical (unpaired) electrons. The lowest BCUT2D eigenvalue weighted by Crippen LogP contribution is -2.37. The Labute approximate surface area is 88.5 Å². The van der Waals surface area contributed by atoms with E-state index < -0.39 is 0 Å². The van der Waals surface area contributed by atoms with E-state index in [1.807, 2.05) is 4.90 Å². The van der Waals surface area contributed by atoms with Crippen LogP contribution in [0.2, 0.25) is 0 Å². The number of amides is 1. The maximum Gasteiger partial charge on any atom is 0.231 e. The van der Waals surface area contributed by atoms with Gasteiger partial charge in [0.25, 0.3) is 0 Å². The quantitative estimate of drug-likeness (QED) is 0.695. The highest BCUT2D eigenvalue weighted by molar-refractivity contribution is 5.73. The highest BCUT2D eigenvalue weighted by Gasteiger charge is 2.26. The van der Waals surface area contributed by atoms with Gasteiger partial charge in [0, 0.05) is 20.0 Å². The minimum absolute atomic E-state index is 0.121. The predicted molar refractivity (Wildman–Crippen MR) is 53.3 cm³/mol. The van der Waals surface area contributed by atoms with Crippen molar-refractivity contribution in [3.05, 3.63) is 11.7 Å². The number of nitrogens with zero attached hydrogens (tertiary/aromatic N) is 3. The lowest BCUT2D eigenvalue weighted by atomic mass is 9.98. The Bertz CT molecular complexity index is 361. The van der Waals surface area contributed by atoms with Crippen molar-refractivity contribution in [1.82, 2.24) is 15.0 Å². The number of aryl methyl sites for hydroxylation is 1. The molecule has 0 bridgehead atoms. The lowest BCUT2D eigenvalue weighted by molar-refractivity contribution is -0.130. The van der Waals surface area contributed by atoms with Crippen LogP contribution in [0.5, 0.6) is 0 Å². The van der Waals surface area contributed by atoms with Gasteiger partial charge in [-0.15, -0.1) is 0 Å². The minimum Gasteiger partial charge on any atom is -0.342 e. The van der Waals surface area contributed by atoms with Gasteiger partial charge in [-0.1, -0.05) is 5.16 Å². The van der Waals surface area contributed by atoms with Crippen LogP contribution in [0.25, 0.3) is 0 Å². The molecule has 1 aromatic heterocycles. The van der Waals surface area contributed by atoms with Crippen molar-refractivity contribution in [2.24, 2.45) is 0 Å². The molecule has 5 heteroatoms. The number of likely N-dealkylation sites (tertiary alicyclic amines) is 1. The first-order chi connectivity index (χ1) is 7.16. The van der Waals surface area contributed by atoms with Crippen molar-refractivity contribution < 1.29 is 9.32 Å². The molecule has 1 saturated heterocycles. The highest BCUT2D eigenvalue weighted by Crippen LogP contribution is 2.25. The number of piperidine rings is 1. The normalized spacial score (nSPS) is 21.7. The largest absolute Gasteiger partial charge is 0.342 e. The van der Waals surface area contributed by atoms with Gasteiger partial charge in [0.1, 0.15) is 0 Å². The first-order valence-corrected chi connectivity index (χ1v) is 5.22. The Balaban J connectivity index is 2.07. The first kappa shape index (κ1) is 10.1. The van der Waals surface area contributed by atoms with Crippen molar-refractivity contribution in [2.75, 3.05) is 13.1 Å². The highest BCUT2D eigenvalue weighted by atomic mass is 16.5. The van der Waals surface area contributed by atoms with Crippen LogP contribution in [-0.2, 0) is 4.79 Å². The molecule has 5 nitrogen and oxygen atoms in total. The molecular formula is C10H15N3O2.